The van der Waals surface area contributed by atoms with Crippen LogP contribution in [-0.4, -0.2) is 16.1 Å². The van der Waals surface area contributed by atoms with Crippen LogP contribution in [0.2, 0.25) is 0 Å². The third-order valence-electron chi connectivity index (χ3n) is 3.57. The molecule has 0 fully saturated rings. The molecule has 1 aromatic heterocycles. The molecule has 112 valence electrons. The molecule has 2 rings (SSSR count). The van der Waals surface area contributed by atoms with E-state index in [1.165, 1.54) is 6.07 Å². The van der Waals surface area contributed by atoms with Crippen molar-refractivity contribution in [3.05, 3.63) is 52.6 Å². The Kier molecular flexibility index (Phi) is 4.73. The lowest BCUT2D eigenvalue weighted by Gasteiger charge is -2.14. The highest BCUT2D eigenvalue weighted by atomic mass is 19.1. The first-order valence-corrected chi connectivity index (χ1v) is 7.03. The van der Waals surface area contributed by atoms with E-state index in [4.69, 9.17) is 0 Å². The number of aromatic amines is 1. The number of aryl methyl sites for hydroxylation is 3. The van der Waals surface area contributed by atoms with Gasteiger partial charge in [0.05, 0.1) is 11.7 Å². The zero-order valence-corrected chi connectivity index (χ0v) is 12.5. The molecule has 1 amide bonds. The standard InChI is InChI=1S/C16H20FN3O/c1-10(16-11(2)19-20-12(16)3)18-15(21)9-8-13-6-4-5-7-14(13)17/h4-7,10H,8-9H2,1-3H3,(H,18,21)(H,19,20). The third-order valence-corrected chi connectivity index (χ3v) is 3.57. The molecule has 0 saturated carbocycles. The molecule has 0 aliphatic heterocycles. The van der Waals surface area contributed by atoms with Gasteiger partial charge in [-0.3, -0.25) is 9.89 Å². The molecule has 2 N–H and O–H groups in total. The Hall–Kier alpha value is -2.17. The van der Waals surface area contributed by atoms with E-state index >= 15 is 0 Å². The Morgan fingerprint density at radius 3 is 2.71 bits per heavy atom. The Morgan fingerprint density at radius 2 is 2.10 bits per heavy atom. The summed E-state index contributed by atoms with van der Waals surface area (Å²) in [5, 5.41) is 9.96. The summed E-state index contributed by atoms with van der Waals surface area (Å²) in [5.74, 6) is -0.356. The predicted molar refractivity (Wildman–Crippen MR) is 79.3 cm³/mol. The molecule has 0 aliphatic carbocycles. The van der Waals surface area contributed by atoms with Crippen molar-refractivity contribution in [1.29, 1.82) is 0 Å². The topological polar surface area (TPSA) is 57.8 Å². The zero-order chi connectivity index (χ0) is 15.4. The summed E-state index contributed by atoms with van der Waals surface area (Å²) in [6, 6.07) is 6.42. The highest BCUT2D eigenvalue weighted by Crippen LogP contribution is 2.19. The summed E-state index contributed by atoms with van der Waals surface area (Å²) in [5.41, 5.74) is 3.41. The maximum atomic E-state index is 13.5. The monoisotopic (exact) mass is 289 g/mol. The van der Waals surface area contributed by atoms with E-state index in [1.54, 1.807) is 18.2 Å². The Balaban J connectivity index is 1.92. The fraction of sp³-hybridized carbons (Fsp3) is 0.375. The molecule has 21 heavy (non-hydrogen) atoms. The first-order valence-electron chi connectivity index (χ1n) is 7.03. The molecule has 1 unspecified atom stereocenters. The summed E-state index contributed by atoms with van der Waals surface area (Å²) < 4.78 is 13.5. The molecular formula is C16H20FN3O. The van der Waals surface area contributed by atoms with Crippen LogP contribution in [0.3, 0.4) is 0 Å². The number of nitrogens with one attached hydrogen (secondary N) is 2. The minimum Gasteiger partial charge on any atom is -0.349 e. The molecule has 0 bridgehead atoms. The number of H-pyrrole nitrogens is 1. The van der Waals surface area contributed by atoms with Crippen molar-refractivity contribution in [2.45, 2.75) is 39.7 Å². The molecule has 0 spiro atoms. The van der Waals surface area contributed by atoms with Crippen molar-refractivity contribution >= 4 is 5.91 Å². The molecule has 0 aliphatic rings. The molecule has 2 aromatic rings. The van der Waals surface area contributed by atoms with Crippen LogP contribution >= 0.6 is 0 Å². The van der Waals surface area contributed by atoms with Gasteiger partial charge in [0.2, 0.25) is 5.91 Å². The van der Waals surface area contributed by atoms with Gasteiger partial charge in [0.25, 0.3) is 0 Å². The molecule has 1 atom stereocenters. The van der Waals surface area contributed by atoms with Crippen molar-refractivity contribution in [2.75, 3.05) is 0 Å². The first-order chi connectivity index (χ1) is 9.99. The van der Waals surface area contributed by atoms with E-state index in [0.717, 1.165) is 17.0 Å². The van der Waals surface area contributed by atoms with Crippen molar-refractivity contribution in [1.82, 2.24) is 15.5 Å². The van der Waals surface area contributed by atoms with Crippen LogP contribution in [-0.2, 0) is 11.2 Å². The number of benzene rings is 1. The summed E-state index contributed by atoms with van der Waals surface area (Å²) in [4.78, 5) is 12.0. The largest absolute Gasteiger partial charge is 0.349 e. The maximum Gasteiger partial charge on any atom is 0.220 e. The van der Waals surface area contributed by atoms with E-state index in [2.05, 4.69) is 15.5 Å². The Labute approximate surface area is 123 Å². The molecule has 0 saturated heterocycles. The number of hydrogen-bond acceptors (Lipinski definition) is 2. The van der Waals surface area contributed by atoms with Crippen LogP contribution in [0.4, 0.5) is 4.39 Å². The van der Waals surface area contributed by atoms with Crippen molar-refractivity contribution in [3.63, 3.8) is 0 Å². The lowest BCUT2D eigenvalue weighted by molar-refractivity contribution is -0.121. The number of carbonyl (C=O) groups excluding carboxylic acids is 1. The number of aromatic nitrogens is 2. The number of rotatable bonds is 5. The van der Waals surface area contributed by atoms with Crippen LogP contribution in [0.15, 0.2) is 24.3 Å². The van der Waals surface area contributed by atoms with Gasteiger partial charge in [0.15, 0.2) is 0 Å². The number of nitrogens with zero attached hydrogens (tertiary/aromatic N) is 1. The minimum atomic E-state index is -0.264. The van der Waals surface area contributed by atoms with E-state index < -0.39 is 0 Å². The number of carbonyl (C=O) groups is 1. The zero-order valence-electron chi connectivity index (χ0n) is 12.5. The minimum absolute atomic E-state index is 0.0919. The van der Waals surface area contributed by atoms with Crippen molar-refractivity contribution in [3.8, 4) is 0 Å². The van der Waals surface area contributed by atoms with Crippen molar-refractivity contribution in [2.24, 2.45) is 0 Å². The normalized spacial score (nSPS) is 12.2. The highest BCUT2D eigenvalue weighted by molar-refractivity contribution is 5.76. The highest BCUT2D eigenvalue weighted by Gasteiger charge is 2.16. The molecular weight excluding hydrogens is 269 g/mol. The lowest BCUT2D eigenvalue weighted by Crippen LogP contribution is -2.27. The lowest BCUT2D eigenvalue weighted by atomic mass is 10.1. The van der Waals surface area contributed by atoms with Gasteiger partial charge in [-0.2, -0.15) is 5.10 Å². The second-order valence-corrected chi connectivity index (χ2v) is 5.23. The van der Waals surface area contributed by atoms with Gasteiger partial charge >= 0.3 is 0 Å². The quantitative estimate of drug-likeness (QED) is 0.889. The van der Waals surface area contributed by atoms with E-state index in [9.17, 15) is 9.18 Å². The molecule has 1 aromatic carbocycles. The average molecular weight is 289 g/mol. The summed E-state index contributed by atoms with van der Waals surface area (Å²) in [6.45, 7) is 5.75. The third kappa shape index (κ3) is 3.68. The Bertz CT molecular complexity index is 617. The van der Waals surface area contributed by atoms with Crippen LogP contribution in [0.1, 0.15) is 41.9 Å². The molecule has 5 heteroatoms. The van der Waals surface area contributed by atoms with E-state index in [0.29, 0.717) is 12.0 Å². The summed E-state index contributed by atoms with van der Waals surface area (Å²) in [6.07, 6.45) is 0.662. The number of halogens is 1. The second-order valence-electron chi connectivity index (χ2n) is 5.23. The molecule has 1 heterocycles. The van der Waals surface area contributed by atoms with E-state index in [-0.39, 0.29) is 24.2 Å². The first kappa shape index (κ1) is 15.2. The van der Waals surface area contributed by atoms with Gasteiger partial charge in [-0.1, -0.05) is 18.2 Å². The predicted octanol–water partition coefficient (Wildman–Crippen LogP) is 2.98. The average Bonchev–Trinajstić information content (AvgIpc) is 2.77. The fourth-order valence-corrected chi connectivity index (χ4v) is 2.53. The van der Waals surface area contributed by atoms with Gasteiger partial charge in [-0.05, 0) is 38.8 Å². The fourth-order valence-electron chi connectivity index (χ4n) is 2.53. The molecule has 0 radical (unpaired) electrons. The van der Waals surface area contributed by atoms with Crippen LogP contribution in [0, 0.1) is 19.7 Å². The SMILES string of the molecule is Cc1n[nH]c(C)c1C(C)NC(=O)CCc1ccccc1F. The second kappa shape index (κ2) is 6.52. The van der Waals surface area contributed by atoms with Gasteiger partial charge < -0.3 is 5.32 Å². The van der Waals surface area contributed by atoms with Gasteiger partial charge in [-0.15, -0.1) is 0 Å². The van der Waals surface area contributed by atoms with Crippen LogP contribution < -0.4 is 5.32 Å². The number of hydrogen-bond donors (Lipinski definition) is 2. The number of amides is 1. The maximum absolute atomic E-state index is 13.5. The van der Waals surface area contributed by atoms with E-state index in [1.807, 2.05) is 20.8 Å². The smallest absolute Gasteiger partial charge is 0.220 e. The summed E-state index contributed by atoms with van der Waals surface area (Å²) in [7, 11) is 0. The van der Waals surface area contributed by atoms with Crippen molar-refractivity contribution < 1.29 is 9.18 Å². The van der Waals surface area contributed by atoms with Gasteiger partial charge in [-0.25, -0.2) is 4.39 Å². The Morgan fingerprint density at radius 1 is 1.38 bits per heavy atom. The van der Waals surface area contributed by atoms with Crippen LogP contribution in [0.25, 0.3) is 0 Å². The summed E-state index contributed by atoms with van der Waals surface area (Å²) >= 11 is 0. The van der Waals surface area contributed by atoms with Crippen LogP contribution in [0.5, 0.6) is 0 Å². The molecule has 4 nitrogen and oxygen atoms in total. The van der Waals surface area contributed by atoms with Gasteiger partial charge in [0, 0.05) is 17.7 Å². The van der Waals surface area contributed by atoms with Gasteiger partial charge in [0.1, 0.15) is 5.82 Å².